The molecule has 0 bridgehead atoms. The fourth-order valence-electron chi connectivity index (χ4n) is 4.68. The monoisotopic (exact) mass is 454 g/mol. The maximum absolute atomic E-state index is 13.6. The van der Waals surface area contributed by atoms with Crippen molar-refractivity contribution in [1.82, 2.24) is 9.80 Å². The van der Waals surface area contributed by atoms with Crippen LogP contribution in [0.1, 0.15) is 81.6 Å². The number of halogens is 3. The zero-order valence-corrected chi connectivity index (χ0v) is 19.1. The van der Waals surface area contributed by atoms with E-state index in [2.05, 4.69) is 0 Å². The Morgan fingerprint density at radius 2 is 1.59 bits per heavy atom. The average molecular weight is 455 g/mol. The molecule has 1 atom stereocenters. The van der Waals surface area contributed by atoms with Crippen LogP contribution >= 0.6 is 0 Å². The summed E-state index contributed by atoms with van der Waals surface area (Å²) >= 11 is 0. The fourth-order valence-corrected chi connectivity index (χ4v) is 4.68. The molecule has 178 valence electrons. The molecule has 1 aliphatic carbocycles. The highest BCUT2D eigenvalue weighted by molar-refractivity contribution is 5.96. The van der Waals surface area contributed by atoms with E-state index in [1.807, 2.05) is 0 Å². The molecule has 0 aromatic heterocycles. The van der Waals surface area contributed by atoms with Crippen molar-refractivity contribution in [2.24, 2.45) is 0 Å². The van der Waals surface area contributed by atoms with Crippen molar-refractivity contribution in [1.29, 1.82) is 0 Å². The number of hydrogen-bond donors (Lipinski definition) is 0. The molecular weight excluding hydrogens is 421 g/mol. The van der Waals surface area contributed by atoms with Gasteiger partial charge in [-0.2, -0.15) is 13.2 Å². The van der Waals surface area contributed by atoms with Crippen LogP contribution in [-0.4, -0.2) is 52.6 Å². The van der Waals surface area contributed by atoms with Crippen LogP contribution in [0.3, 0.4) is 0 Å². The van der Waals surface area contributed by atoms with E-state index >= 15 is 0 Å². The van der Waals surface area contributed by atoms with E-state index in [-0.39, 0.29) is 24.2 Å². The first kappa shape index (κ1) is 24.4. The second-order valence-electron chi connectivity index (χ2n) is 9.77. The van der Waals surface area contributed by atoms with Crippen molar-refractivity contribution in [3.05, 3.63) is 35.4 Å². The summed E-state index contributed by atoms with van der Waals surface area (Å²) in [5, 5.41) is 0. The highest BCUT2D eigenvalue weighted by Crippen LogP contribution is 2.35. The number of amides is 2. The van der Waals surface area contributed by atoms with Gasteiger partial charge in [-0.1, -0.05) is 37.8 Å². The van der Waals surface area contributed by atoms with Crippen LogP contribution in [0.15, 0.2) is 24.3 Å². The summed E-state index contributed by atoms with van der Waals surface area (Å²) in [7, 11) is 0. The zero-order chi connectivity index (χ0) is 23.5. The lowest BCUT2D eigenvalue weighted by molar-refractivity contribution is -0.138. The Kier molecular flexibility index (Phi) is 7.40. The van der Waals surface area contributed by atoms with Crippen LogP contribution in [0.2, 0.25) is 0 Å². The number of rotatable bonds is 3. The molecule has 1 saturated carbocycles. The summed E-state index contributed by atoms with van der Waals surface area (Å²) in [6.07, 6.45) is 0.999. The van der Waals surface area contributed by atoms with Crippen LogP contribution in [0, 0.1) is 0 Å². The standard InChI is InChI=1S/C24H33F3N2O3/c1-23(2,3)32-22(31)28-15-14-18(16-28)29(17-10-6-4-5-7-11-17)21(30)19-12-8-9-13-20(19)24(25,26)27/h8-9,12-13,17-18H,4-7,10-11,14-16H2,1-3H3/t18-/m0/s1. The second kappa shape index (κ2) is 9.71. The van der Waals surface area contributed by atoms with Crippen molar-refractivity contribution in [2.45, 2.75) is 89.6 Å². The van der Waals surface area contributed by atoms with Gasteiger partial charge in [0.25, 0.3) is 5.91 Å². The summed E-state index contributed by atoms with van der Waals surface area (Å²) in [5.41, 5.74) is -1.87. The van der Waals surface area contributed by atoms with Crippen molar-refractivity contribution < 1.29 is 27.5 Å². The Bertz CT molecular complexity index is 811. The molecule has 5 nitrogen and oxygen atoms in total. The van der Waals surface area contributed by atoms with Crippen molar-refractivity contribution in [2.75, 3.05) is 13.1 Å². The summed E-state index contributed by atoms with van der Waals surface area (Å²) in [6, 6.07) is 4.52. The van der Waals surface area contributed by atoms with E-state index < -0.39 is 29.3 Å². The number of alkyl halides is 3. The lowest BCUT2D eigenvalue weighted by Crippen LogP contribution is -2.49. The molecule has 2 aliphatic rings. The molecule has 2 fully saturated rings. The van der Waals surface area contributed by atoms with E-state index in [1.165, 1.54) is 18.2 Å². The van der Waals surface area contributed by atoms with Gasteiger partial charge >= 0.3 is 12.3 Å². The van der Waals surface area contributed by atoms with Gasteiger partial charge in [0.05, 0.1) is 17.2 Å². The number of likely N-dealkylation sites (tertiary alicyclic amines) is 1. The number of benzene rings is 1. The molecule has 1 aliphatic heterocycles. The normalized spacial score (nSPS) is 20.7. The Morgan fingerprint density at radius 1 is 0.969 bits per heavy atom. The molecule has 0 N–H and O–H groups in total. The molecule has 1 aromatic rings. The van der Waals surface area contributed by atoms with Gasteiger partial charge in [-0.05, 0) is 52.2 Å². The van der Waals surface area contributed by atoms with Crippen LogP contribution in [0.25, 0.3) is 0 Å². The maximum atomic E-state index is 13.6. The van der Waals surface area contributed by atoms with Crippen molar-refractivity contribution in [3.8, 4) is 0 Å². The third-order valence-electron chi connectivity index (χ3n) is 6.12. The number of nitrogens with zero attached hydrogens (tertiary/aromatic N) is 2. The minimum Gasteiger partial charge on any atom is -0.444 e. The largest absolute Gasteiger partial charge is 0.444 e. The predicted octanol–water partition coefficient (Wildman–Crippen LogP) is 5.88. The third-order valence-corrected chi connectivity index (χ3v) is 6.12. The number of carbonyl (C=O) groups excluding carboxylic acids is 2. The summed E-state index contributed by atoms with van der Waals surface area (Å²) in [6.45, 7) is 6.04. The van der Waals surface area contributed by atoms with E-state index in [4.69, 9.17) is 4.74 Å². The van der Waals surface area contributed by atoms with Gasteiger partial charge in [-0.3, -0.25) is 4.79 Å². The minimum atomic E-state index is -4.61. The summed E-state index contributed by atoms with van der Waals surface area (Å²) < 4.78 is 46.4. The highest BCUT2D eigenvalue weighted by atomic mass is 19.4. The van der Waals surface area contributed by atoms with Gasteiger partial charge in [0.1, 0.15) is 5.60 Å². The van der Waals surface area contributed by atoms with Gasteiger partial charge in [-0.15, -0.1) is 0 Å². The molecule has 0 radical (unpaired) electrons. The maximum Gasteiger partial charge on any atom is 0.417 e. The van der Waals surface area contributed by atoms with Gasteiger partial charge in [0, 0.05) is 19.1 Å². The van der Waals surface area contributed by atoms with Gasteiger partial charge in [0.2, 0.25) is 0 Å². The predicted molar refractivity (Wildman–Crippen MR) is 115 cm³/mol. The molecular formula is C24H33F3N2O3. The molecule has 2 amide bonds. The average Bonchev–Trinajstić information content (AvgIpc) is 3.03. The number of hydrogen-bond acceptors (Lipinski definition) is 3. The van der Waals surface area contributed by atoms with Crippen LogP contribution in [-0.2, 0) is 10.9 Å². The van der Waals surface area contributed by atoms with E-state index in [1.54, 1.807) is 30.6 Å². The smallest absolute Gasteiger partial charge is 0.417 e. The molecule has 1 heterocycles. The molecule has 32 heavy (non-hydrogen) atoms. The van der Waals surface area contributed by atoms with E-state index in [9.17, 15) is 22.8 Å². The Balaban J connectivity index is 1.89. The molecule has 0 spiro atoms. The topological polar surface area (TPSA) is 49.9 Å². The lowest BCUT2D eigenvalue weighted by Gasteiger charge is -2.37. The minimum absolute atomic E-state index is 0.130. The Labute approximate surface area is 187 Å². The van der Waals surface area contributed by atoms with Crippen LogP contribution < -0.4 is 0 Å². The number of carbonyl (C=O) groups is 2. The SMILES string of the molecule is CC(C)(C)OC(=O)N1CC[C@H](N(C(=O)c2ccccc2C(F)(F)F)C2CCCCCC2)C1. The quantitative estimate of drug-likeness (QED) is 0.536. The van der Waals surface area contributed by atoms with E-state index in [0.29, 0.717) is 13.0 Å². The van der Waals surface area contributed by atoms with Crippen LogP contribution in [0.4, 0.5) is 18.0 Å². The first-order chi connectivity index (χ1) is 15.0. The van der Waals surface area contributed by atoms with Crippen molar-refractivity contribution in [3.63, 3.8) is 0 Å². The molecule has 1 aromatic carbocycles. The Hall–Kier alpha value is -2.25. The Morgan fingerprint density at radius 3 is 2.19 bits per heavy atom. The molecule has 8 heteroatoms. The first-order valence-corrected chi connectivity index (χ1v) is 11.4. The van der Waals surface area contributed by atoms with E-state index in [0.717, 1.165) is 44.6 Å². The second-order valence-corrected chi connectivity index (χ2v) is 9.77. The molecule has 0 unspecified atom stereocenters. The first-order valence-electron chi connectivity index (χ1n) is 11.4. The molecule has 1 saturated heterocycles. The highest BCUT2D eigenvalue weighted by Gasteiger charge is 2.41. The van der Waals surface area contributed by atoms with Gasteiger partial charge in [-0.25, -0.2) is 4.79 Å². The summed E-state index contributed by atoms with van der Waals surface area (Å²) in [5.74, 6) is -0.596. The van der Waals surface area contributed by atoms with Gasteiger partial charge < -0.3 is 14.5 Å². The summed E-state index contributed by atoms with van der Waals surface area (Å²) in [4.78, 5) is 29.4. The van der Waals surface area contributed by atoms with Gasteiger partial charge in [0.15, 0.2) is 0 Å². The number of ether oxygens (including phenoxy) is 1. The fraction of sp³-hybridized carbons (Fsp3) is 0.667. The molecule has 3 rings (SSSR count). The zero-order valence-electron chi connectivity index (χ0n) is 19.1. The van der Waals surface area contributed by atoms with Crippen molar-refractivity contribution >= 4 is 12.0 Å². The third kappa shape index (κ3) is 5.95. The van der Waals surface area contributed by atoms with Crippen LogP contribution in [0.5, 0.6) is 0 Å². The lowest BCUT2D eigenvalue weighted by atomic mass is 9.99.